The summed E-state index contributed by atoms with van der Waals surface area (Å²) in [5.74, 6) is -0.149. The molecule has 23 heavy (non-hydrogen) atoms. The number of piperazine rings is 1. The van der Waals surface area contributed by atoms with E-state index in [0.717, 1.165) is 16.6 Å². The van der Waals surface area contributed by atoms with Crippen LogP contribution in [-0.2, 0) is 16.1 Å². The van der Waals surface area contributed by atoms with Gasteiger partial charge in [0, 0.05) is 37.9 Å². The monoisotopic (exact) mass is 314 g/mol. The number of carbonyl (C=O) groups excluding carboxylic acids is 2. The first kappa shape index (κ1) is 15.6. The molecule has 0 spiro atoms. The van der Waals surface area contributed by atoms with Gasteiger partial charge in [-0.2, -0.15) is 0 Å². The second-order valence-electron chi connectivity index (χ2n) is 5.85. The normalized spacial score (nSPS) is 18.2. The molecule has 1 atom stereocenters. The lowest BCUT2D eigenvalue weighted by atomic mass is 10.1. The number of aryl methyl sites for hydroxylation is 1. The van der Waals surface area contributed by atoms with Gasteiger partial charge in [-0.1, -0.05) is 18.2 Å². The molecule has 6 heteroatoms. The van der Waals surface area contributed by atoms with E-state index < -0.39 is 6.04 Å². The number of carbonyl (C=O) groups is 2. The molecule has 122 valence electrons. The molecule has 1 saturated heterocycles. The Morgan fingerprint density at radius 2 is 2.13 bits per heavy atom. The van der Waals surface area contributed by atoms with Crippen LogP contribution in [0.2, 0.25) is 0 Å². The average Bonchev–Trinajstić information content (AvgIpc) is 2.90. The standard InChI is InChI=1S/C17H22N4O2/c1-12-9-13-5-3-4-6-14(13)21(12)11-16(22)20-8-7-19-10-15(20)17(23)18-2/h3-6,9,15,19H,7-8,10-11H2,1-2H3,(H,18,23)/t15-/m0/s1. The Labute approximate surface area is 135 Å². The lowest BCUT2D eigenvalue weighted by Crippen LogP contribution is -2.59. The topological polar surface area (TPSA) is 66.4 Å². The highest BCUT2D eigenvalue weighted by atomic mass is 16.2. The third-order valence-electron chi connectivity index (χ3n) is 4.42. The molecule has 0 saturated carbocycles. The quantitative estimate of drug-likeness (QED) is 0.867. The van der Waals surface area contributed by atoms with Crippen molar-refractivity contribution in [3.8, 4) is 0 Å². The molecule has 1 aliphatic heterocycles. The van der Waals surface area contributed by atoms with Crippen molar-refractivity contribution in [3.05, 3.63) is 36.0 Å². The SMILES string of the molecule is CNC(=O)[C@@H]1CNCCN1C(=O)Cn1c(C)cc2ccccc21. The van der Waals surface area contributed by atoms with Gasteiger partial charge in [0.15, 0.2) is 0 Å². The van der Waals surface area contributed by atoms with Crippen molar-refractivity contribution in [1.29, 1.82) is 0 Å². The number of nitrogens with zero attached hydrogens (tertiary/aromatic N) is 2. The van der Waals surface area contributed by atoms with Crippen LogP contribution in [0.4, 0.5) is 0 Å². The van der Waals surface area contributed by atoms with Crippen molar-refractivity contribution in [2.75, 3.05) is 26.7 Å². The fraction of sp³-hybridized carbons (Fsp3) is 0.412. The van der Waals surface area contributed by atoms with Crippen molar-refractivity contribution < 1.29 is 9.59 Å². The number of fused-ring (bicyclic) bond motifs is 1. The number of hydrogen-bond donors (Lipinski definition) is 2. The first-order chi connectivity index (χ1) is 11.1. The molecule has 2 N–H and O–H groups in total. The molecule has 1 fully saturated rings. The van der Waals surface area contributed by atoms with E-state index in [1.54, 1.807) is 11.9 Å². The van der Waals surface area contributed by atoms with Crippen LogP contribution in [0, 0.1) is 6.92 Å². The number of aromatic nitrogens is 1. The maximum Gasteiger partial charge on any atom is 0.243 e. The third-order valence-corrected chi connectivity index (χ3v) is 4.42. The first-order valence-electron chi connectivity index (χ1n) is 7.88. The van der Waals surface area contributed by atoms with E-state index in [1.807, 2.05) is 35.8 Å². The smallest absolute Gasteiger partial charge is 0.243 e. The van der Waals surface area contributed by atoms with Crippen LogP contribution in [0.15, 0.2) is 30.3 Å². The van der Waals surface area contributed by atoms with Gasteiger partial charge in [-0.05, 0) is 24.4 Å². The minimum Gasteiger partial charge on any atom is -0.357 e. The predicted octanol–water partition coefficient (Wildman–Crippen LogP) is 0.496. The molecule has 3 rings (SSSR count). The number of amides is 2. The Kier molecular flexibility index (Phi) is 4.34. The lowest BCUT2D eigenvalue weighted by molar-refractivity contribution is -0.141. The van der Waals surface area contributed by atoms with E-state index in [1.165, 1.54) is 0 Å². The Balaban J connectivity index is 1.84. The molecule has 2 aromatic rings. The van der Waals surface area contributed by atoms with Crippen LogP contribution >= 0.6 is 0 Å². The van der Waals surface area contributed by atoms with Gasteiger partial charge in [0.1, 0.15) is 12.6 Å². The summed E-state index contributed by atoms with van der Waals surface area (Å²) in [6.07, 6.45) is 0. The molecular formula is C17H22N4O2. The minimum atomic E-state index is -0.441. The van der Waals surface area contributed by atoms with Crippen LogP contribution in [0.3, 0.4) is 0 Å². The molecule has 6 nitrogen and oxygen atoms in total. The van der Waals surface area contributed by atoms with Gasteiger partial charge in [0.25, 0.3) is 0 Å². The van der Waals surface area contributed by atoms with Crippen molar-refractivity contribution in [2.45, 2.75) is 19.5 Å². The molecule has 0 aliphatic carbocycles. The van der Waals surface area contributed by atoms with Gasteiger partial charge in [-0.25, -0.2) is 0 Å². The zero-order valence-electron chi connectivity index (χ0n) is 13.5. The number of benzene rings is 1. The minimum absolute atomic E-state index is 0.0236. The maximum absolute atomic E-state index is 12.8. The highest BCUT2D eigenvalue weighted by Crippen LogP contribution is 2.19. The fourth-order valence-corrected chi connectivity index (χ4v) is 3.19. The van der Waals surface area contributed by atoms with Gasteiger partial charge < -0.3 is 20.1 Å². The Hall–Kier alpha value is -2.34. The zero-order chi connectivity index (χ0) is 16.4. The molecule has 1 aliphatic rings. The third kappa shape index (κ3) is 2.94. The Bertz CT molecular complexity index is 737. The van der Waals surface area contributed by atoms with Crippen molar-refractivity contribution >= 4 is 22.7 Å². The summed E-state index contributed by atoms with van der Waals surface area (Å²) in [4.78, 5) is 26.5. The summed E-state index contributed by atoms with van der Waals surface area (Å²) in [5.41, 5.74) is 2.09. The van der Waals surface area contributed by atoms with Gasteiger partial charge in [-0.3, -0.25) is 9.59 Å². The van der Waals surface area contributed by atoms with Gasteiger partial charge in [-0.15, -0.1) is 0 Å². The highest BCUT2D eigenvalue weighted by molar-refractivity contribution is 5.89. The maximum atomic E-state index is 12.8. The Morgan fingerprint density at radius 1 is 1.35 bits per heavy atom. The van der Waals surface area contributed by atoms with Crippen molar-refractivity contribution in [2.24, 2.45) is 0 Å². The van der Waals surface area contributed by atoms with E-state index in [-0.39, 0.29) is 18.4 Å². The molecule has 1 aromatic heterocycles. The highest BCUT2D eigenvalue weighted by Gasteiger charge is 2.31. The average molecular weight is 314 g/mol. The summed E-state index contributed by atoms with van der Waals surface area (Å²) in [7, 11) is 1.60. The summed E-state index contributed by atoms with van der Waals surface area (Å²) >= 11 is 0. The molecular weight excluding hydrogens is 292 g/mol. The fourth-order valence-electron chi connectivity index (χ4n) is 3.19. The first-order valence-corrected chi connectivity index (χ1v) is 7.88. The van der Waals surface area contributed by atoms with E-state index in [0.29, 0.717) is 19.6 Å². The zero-order valence-corrected chi connectivity index (χ0v) is 13.5. The molecule has 2 heterocycles. The number of hydrogen-bond acceptors (Lipinski definition) is 3. The lowest BCUT2D eigenvalue weighted by Gasteiger charge is -2.35. The molecule has 0 bridgehead atoms. The van der Waals surface area contributed by atoms with Crippen LogP contribution < -0.4 is 10.6 Å². The predicted molar refractivity (Wildman–Crippen MR) is 89.1 cm³/mol. The number of likely N-dealkylation sites (N-methyl/N-ethyl adjacent to an activating group) is 1. The summed E-state index contributed by atoms with van der Waals surface area (Å²) < 4.78 is 2.01. The van der Waals surface area contributed by atoms with Crippen LogP contribution in [-0.4, -0.2) is 54.0 Å². The molecule has 2 amide bonds. The van der Waals surface area contributed by atoms with E-state index in [4.69, 9.17) is 0 Å². The van der Waals surface area contributed by atoms with E-state index >= 15 is 0 Å². The summed E-state index contributed by atoms with van der Waals surface area (Å²) in [6, 6.07) is 9.66. The van der Waals surface area contributed by atoms with E-state index in [2.05, 4.69) is 16.7 Å². The number of nitrogens with one attached hydrogen (secondary N) is 2. The van der Waals surface area contributed by atoms with Gasteiger partial charge in [0.05, 0.1) is 0 Å². The number of rotatable bonds is 3. The second-order valence-corrected chi connectivity index (χ2v) is 5.85. The Morgan fingerprint density at radius 3 is 2.91 bits per heavy atom. The van der Waals surface area contributed by atoms with Crippen LogP contribution in [0.5, 0.6) is 0 Å². The summed E-state index contributed by atoms with van der Waals surface area (Å²) in [6.45, 7) is 4.02. The van der Waals surface area contributed by atoms with Gasteiger partial charge >= 0.3 is 0 Å². The second kappa shape index (κ2) is 6.42. The molecule has 0 radical (unpaired) electrons. The van der Waals surface area contributed by atoms with Crippen LogP contribution in [0.25, 0.3) is 10.9 Å². The van der Waals surface area contributed by atoms with E-state index in [9.17, 15) is 9.59 Å². The number of para-hydroxylation sites is 1. The van der Waals surface area contributed by atoms with Gasteiger partial charge in [0.2, 0.25) is 11.8 Å². The molecule has 0 unspecified atom stereocenters. The molecule has 1 aromatic carbocycles. The largest absolute Gasteiger partial charge is 0.357 e. The van der Waals surface area contributed by atoms with Crippen LogP contribution in [0.1, 0.15) is 5.69 Å². The van der Waals surface area contributed by atoms with Crippen molar-refractivity contribution in [1.82, 2.24) is 20.1 Å². The summed E-state index contributed by atoms with van der Waals surface area (Å²) in [5, 5.41) is 6.94. The van der Waals surface area contributed by atoms with Crippen molar-refractivity contribution in [3.63, 3.8) is 0 Å².